The average Bonchev–Trinajstić information content (AvgIpc) is 3.31. The summed E-state index contributed by atoms with van der Waals surface area (Å²) in [6, 6.07) is 0. The number of hydrogen-bond acceptors (Lipinski definition) is 6. The van der Waals surface area contributed by atoms with Crippen LogP contribution in [-0.2, 0) is 28.6 Å². The molecule has 0 aliphatic heterocycles. The highest BCUT2D eigenvalue weighted by Gasteiger charge is 2.19. The van der Waals surface area contributed by atoms with Gasteiger partial charge < -0.3 is 14.2 Å². The molecular formula is C60H112O6. The molecule has 0 aliphatic carbocycles. The summed E-state index contributed by atoms with van der Waals surface area (Å²) in [5.74, 6) is -0.868. The van der Waals surface area contributed by atoms with E-state index in [0.29, 0.717) is 19.3 Å². The van der Waals surface area contributed by atoms with Gasteiger partial charge in [-0.15, -0.1) is 0 Å². The smallest absolute Gasteiger partial charge is 0.306 e. The predicted molar refractivity (Wildman–Crippen MR) is 284 cm³/mol. The largest absolute Gasteiger partial charge is 0.462 e. The monoisotopic (exact) mass is 929 g/mol. The van der Waals surface area contributed by atoms with Crippen molar-refractivity contribution in [1.29, 1.82) is 0 Å². The van der Waals surface area contributed by atoms with Crippen molar-refractivity contribution in [2.75, 3.05) is 13.2 Å². The highest BCUT2D eigenvalue weighted by molar-refractivity contribution is 5.71. The van der Waals surface area contributed by atoms with Crippen LogP contribution in [0.2, 0.25) is 0 Å². The van der Waals surface area contributed by atoms with E-state index < -0.39 is 6.10 Å². The van der Waals surface area contributed by atoms with Crippen molar-refractivity contribution in [2.45, 2.75) is 329 Å². The van der Waals surface area contributed by atoms with Crippen molar-refractivity contribution in [3.63, 3.8) is 0 Å². The molecule has 66 heavy (non-hydrogen) atoms. The van der Waals surface area contributed by atoms with Gasteiger partial charge in [-0.3, -0.25) is 14.4 Å². The number of carbonyl (C=O) groups excluding carboxylic acids is 3. The van der Waals surface area contributed by atoms with Gasteiger partial charge >= 0.3 is 17.9 Å². The van der Waals surface area contributed by atoms with E-state index in [1.807, 2.05) is 0 Å². The van der Waals surface area contributed by atoms with Gasteiger partial charge in [0.1, 0.15) is 13.2 Å². The van der Waals surface area contributed by atoms with Crippen molar-refractivity contribution >= 4 is 17.9 Å². The van der Waals surface area contributed by atoms with Crippen LogP contribution in [0.15, 0.2) is 24.3 Å². The van der Waals surface area contributed by atoms with Crippen LogP contribution in [-0.4, -0.2) is 37.2 Å². The lowest BCUT2D eigenvalue weighted by molar-refractivity contribution is -0.167. The average molecular weight is 930 g/mol. The standard InChI is InChI=1S/C60H112O6/c1-4-7-10-13-16-19-22-24-26-27-28-29-30-31-32-33-35-36-38-41-44-47-50-53-59(62)65-56-57(55-64-58(61)52-49-46-43-40-21-18-15-12-9-6-3)66-60(63)54-51-48-45-42-39-37-34-25-23-20-17-14-11-8-5-2/h17,20,25,34,57H,4-16,18-19,21-24,26-33,35-56H2,1-3H3/b20-17-,34-25-. The second kappa shape index (κ2) is 55.5. The lowest BCUT2D eigenvalue weighted by Crippen LogP contribution is -2.30. The Bertz CT molecular complexity index is 1070. The van der Waals surface area contributed by atoms with Crippen molar-refractivity contribution in [3.8, 4) is 0 Å². The van der Waals surface area contributed by atoms with Crippen LogP contribution in [0.1, 0.15) is 323 Å². The Morgan fingerprint density at radius 3 is 0.864 bits per heavy atom. The second-order valence-corrected chi connectivity index (χ2v) is 19.9. The normalized spacial score (nSPS) is 12.1. The van der Waals surface area contributed by atoms with Crippen molar-refractivity contribution < 1.29 is 28.6 Å². The number of carbonyl (C=O) groups is 3. The van der Waals surface area contributed by atoms with Crippen molar-refractivity contribution in [1.82, 2.24) is 0 Å². The summed E-state index contributed by atoms with van der Waals surface area (Å²) in [7, 11) is 0. The number of allylic oxidation sites excluding steroid dienone is 4. The number of ether oxygens (including phenoxy) is 3. The predicted octanol–water partition coefficient (Wildman–Crippen LogP) is 19.5. The molecule has 1 unspecified atom stereocenters. The highest BCUT2D eigenvalue weighted by Crippen LogP contribution is 2.17. The van der Waals surface area contributed by atoms with Crippen LogP contribution in [0.4, 0.5) is 0 Å². The molecule has 1 atom stereocenters. The molecule has 6 heteroatoms. The lowest BCUT2D eigenvalue weighted by Gasteiger charge is -2.18. The molecule has 6 nitrogen and oxygen atoms in total. The molecule has 0 radical (unpaired) electrons. The first-order valence-electron chi connectivity index (χ1n) is 29.3. The van der Waals surface area contributed by atoms with Crippen LogP contribution < -0.4 is 0 Å². The van der Waals surface area contributed by atoms with E-state index in [-0.39, 0.29) is 31.1 Å². The molecule has 0 bridgehead atoms. The van der Waals surface area contributed by atoms with Gasteiger partial charge in [-0.05, 0) is 51.4 Å². The first kappa shape index (κ1) is 63.9. The minimum atomic E-state index is -0.773. The molecule has 0 saturated heterocycles. The molecule has 0 heterocycles. The molecule has 0 rings (SSSR count). The van der Waals surface area contributed by atoms with Crippen molar-refractivity contribution in [2.24, 2.45) is 0 Å². The van der Waals surface area contributed by atoms with Gasteiger partial charge in [0.15, 0.2) is 6.10 Å². The molecule has 0 N–H and O–H groups in total. The van der Waals surface area contributed by atoms with Gasteiger partial charge in [0.05, 0.1) is 0 Å². The molecule has 0 aliphatic rings. The van der Waals surface area contributed by atoms with Gasteiger partial charge in [0.2, 0.25) is 0 Å². The lowest BCUT2D eigenvalue weighted by atomic mass is 10.0. The summed E-state index contributed by atoms with van der Waals surface area (Å²) in [6.45, 7) is 6.64. The maximum Gasteiger partial charge on any atom is 0.306 e. The molecule has 0 saturated carbocycles. The van der Waals surface area contributed by atoms with Gasteiger partial charge in [-0.2, -0.15) is 0 Å². The molecule has 0 aromatic rings. The third-order valence-electron chi connectivity index (χ3n) is 13.2. The minimum absolute atomic E-state index is 0.0718. The van der Waals surface area contributed by atoms with Crippen LogP contribution in [0.25, 0.3) is 0 Å². The Kier molecular flexibility index (Phi) is 53.7. The Morgan fingerprint density at radius 2 is 0.545 bits per heavy atom. The molecule has 0 amide bonds. The van der Waals surface area contributed by atoms with E-state index in [1.165, 1.54) is 205 Å². The number of unbranched alkanes of at least 4 members (excludes halogenated alkanes) is 39. The minimum Gasteiger partial charge on any atom is -0.462 e. The maximum absolute atomic E-state index is 12.8. The summed E-state index contributed by atoms with van der Waals surface area (Å²) < 4.78 is 16.8. The van der Waals surface area contributed by atoms with E-state index >= 15 is 0 Å². The fourth-order valence-electron chi connectivity index (χ4n) is 8.77. The molecule has 0 aromatic heterocycles. The zero-order chi connectivity index (χ0) is 47.9. The summed E-state index contributed by atoms with van der Waals surface area (Å²) in [4.78, 5) is 38.0. The maximum atomic E-state index is 12.8. The molecule has 388 valence electrons. The zero-order valence-electron chi connectivity index (χ0n) is 44.5. The fourth-order valence-corrected chi connectivity index (χ4v) is 8.77. The van der Waals surface area contributed by atoms with E-state index in [4.69, 9.17) is 14.2 Å². The Hall–Kier alpha value is -2.11. The van der Waals surface area contributed by atoms with Crippen LogP contribution in [0.3, 0.4) is 0 Å². The first-order chi connectivity index (χ1) is 32.5. The zero-order valence-corrected chi connectivity index (χ0v) is 44.5. The number of rotatable bonds is 54. The van der Waals surface area contributed by atoms with Crippen LogP contribution in [0.5, 0.6) is 0 Å². The first-order valence-corrected chi connectivity index (χ1v) is 29.3. The highest BCUT2D eigenvalue weighted by atomic mass is 16.6. The van der Waals surface area contributed by atoms with Gasteiger partial charge in [0.25, 0.3) is 0 Å². The van der Waals surface area contributed by atoms with Crippen LogP contribution in [0, 0.1) is 0 Å². The summed E-state index contributed by atoms with van der Waals surface area (Å²) in [6.07, 6.45) is 64.7. The SMILES string of the molecule is CCCCC/C=C\C/C=C\CCCCCCCC(=O)OC(COC(=O)CCCCCCCCCCCC)COC(=O)CCCCCCCCCCCCCCCCCCCCCCCCC. The van der Waals surface area contributed by atoms with Crippen molar-refractivity contribution in [3.05, 3.63) is 24.3 Å². The Labute approximate surface area is 411 Å². The third kappa shape index (κ3) is 52.9. The van der Waals surface area contributed by atoms with E-state index in [1.54, 1.807) is 0 Å². The molecule has 0 spiro atoms. The number of esters is 3. The summed E-state index contributed by atoms with van der Waals surface area (Å²) in [5, 5.41) is 0. The molecular weight excluding hydrogens is 817 g/mol. The quantitative estimate of drug-likeness (QED) is 0.0262. The van der Waals surface area contributed by atoms with Gasteiger partial charge in [0, 0.05) is 19.3 Å². The fraction of sp³-hybridized carbons (Fsp3) is 0.883. The molecule has 0 aromatic carbocycles. The van der Waals surface area contributed by atoms with Gasteiger partial charge in [-0.1, -0.05) is 276 Å². The topological polar surface area (TPSA) is 78.9 Å². The van der Waals surface area contributed by atoms with Gasteiger partial charge in [-0.25, -0.2) is 0 Å². The van der Waals surface area contributed by atoms with E-state index in [0.717, 1.165) is 77.0 Å². The Morgan fingerprint density at radius 1 is 0.303 bits per heavy atom. The van der Waals surface area contributed by atoms with Crippen LogP contribution >= 0.6 is 0 Å². The summed E-state index contributed by atoms with van der Waals surface area (Å²) in [5.41, 5.74) is 0. The Balaban J connectivity index is 4.20. The number of hydrogen-bond donors (Lipinski definition) is 0. The molecule has 0 fully saturated rings. The van der Waals surface area contributed by atoms with E-state index in [2.05, 4.69) is 45.1 Å². The second-order valence-electron chi connectivity index (χ2n) is 19.9. The third-order valence-corrected chi connectivity index (χ3v) is 13.2. The summed E-state index contributed by atoms with van der Waals surface area (Å²) >= 11 is 0. The van der Waals surface area contributed by atoms with E-state index in [9.17, 15) is 14.4 Å².